The molecule has 0 spiro atoms. The van der Waals surface area contributed by atoms with E-state index in [4.69, 9.17) is 0 Å². The molecule has 0 aliphatic rings. The van der Waals surface area contributed by atoms with Crippen molar-refractivity contribution in [3.8, 4) is 0 Å². The van der Waals surface area contributed by atoms with Crippen LogP contribution >= 0.6 is 0 Å². The molecule has 168 valence electrons. The number of carbonyl (C=O) groups excluding carboxylic acids is 1. The molecule has 9 nitrogen and oxygen atoms in total. The van der Waals surface area contributed by atoms with Crippen molar-refractivity contribution in [2.45, 2.75) is 4.90 Å². The van der Waals surface area contributed by atoms with Crippen molar-refractivity contribution in [3.05, 3.63) is 113 Å². The average Bonchev–Trinajstić information content (AvgIpc) is 2.83. The van der Waals surface area contributed by atoms with E-state index in [-0.39, 0.29) is 28.3 Å². The van der Waals surface area contributed by atoms with E-state index in [9.17, 15) is 23.3 Å². The predicted octanol–water partition coefficient (Wildman–Crippen LogP) is 3.74. The topological polar surface area (TPSA) is 122 Å². The second kappa shape index (κ2) is 10.3. The summed E-state index contributed by atoms with van der Waals surface area (Å²) in [5.41, 5.74) is 3.00. The van der Waals surface area contributed by atoms with E-state index in [0.29, 0.717) is 5.69 Å². The lowest BCUT2D eigenvalue weighted by atomic mass is 10.2. The van der Waals surface area contributed by atoms with Crippen LogP contribution < -0.4 is 9.73 Å². The Morgan fingerprint density at radius 2 is 1.67 bits per heavy atom. The van der Waals surface area contributed by atoms with Crippen LogP contribution in [-0.4, -0.2) is 32.0 Å². The highest BCUT2D eigenvalue weighted by Crippen LogP contribution is 2.24. The van der Waals surface area contributed by atoms with E-state index in [1.54, 1.807) is 24.3 Å². The predicted molar refractivity (Wildman–Crippen MR) is 126 cm³/mol. The Labute approximate surface area is 190 Å². The Morgan fingerprint density at radius 1 is 1.03 bits per heavy atom. The maximum absolute atomic E-state index is 13.0. The standard InChI is InChI=1S/C23H20N4O5S/c1-2-16-26(33(31,32)21-9-4-3-5-10-21)20-14-12-18(13-15-20)23(28)25-24-17-19-8-6-7-11-22(19)27(29)30/h2-15,17H,1,16H2,(H,25,28)/b24-17-. The van der Waals surface area contributed by atoms with Gasteiger partial charge in [-0.15, -0.1) is 6.58 Å². The van der Waals surface area contributed by atoms with Crippen LogP contribution in [0.25, 0.3) is 0 Å². The third-order valence-electron chi connectivity index (χ3n) is 4.55. The molecular formula is C23H20N4O5S. The minimum absolute atomic E-state index is 0.0446. The van der Waals surface area contributed by atoms with Gasteiger partial charge in [0.25, 0.3) is 21.6 Å². The van der Waals surface area contributed by atoms with E-state index in [0.717, 1.165) is 0 Å². The third-order valence-corrected chi connectivity index (χ3v) is 6.35. The smallest absolute Gasteiger partial charge is 0.267 e. The zero-order valence-corrected chi connectivity index (χ0v) is 18.2. The number of hydrogen-bond donors (Lipinski definition) is 1. The normalized spacial score (nSPS) is 11.2. The van der Waals surface area contributed by atoms with Crippen LogP contribution in [0.4, 0.5) is 11.4 Å². The molecule has 3 aromatic carbocycles. The molecule has 10 heteroatoms. The summed E-state index contributed by atoms with van der Waals surface area (Å²) in [5.74, 6) is -0.558. The summed E-state index contributed by atoms with van der Waals surface area (Å²) < 4.78 is 27.2. The molecule has 0 fully saturated rings. The summed E-state index contributed by atoms with van der Waals surface area (Å²) in [5, 5.41) is 14.8. The number of nitro groups is 1. The Kier molecular flexibility index (Phi) is 7.31. The Hall–Kier alpha value is -4.31. The minimum Gasteiger partial charge on any atom is -0.267 e. The van der Waals surface area contributed by atoms with E-state index in [2.05, 4.69) is 17.1 Å². The van der Waals surface area contributed by atoms with Crippen molar-refractivity contribution >= 4 is 33.5 Å². The molecule has 0 aliphatic carbocycles. The van der Waals surface area contributed by atoms with Gasteiger partial charge in [-0.25, -0.2) is 13.8 Å². The van der Waals surface area contributed by atoms with Gasteiger partial charge in [-0.3, -0.25) is 19.2 Å². The van der Waals surface area contributed by atoms with E-state index >= 15 is 0 Å². The molecule has 0 bridgehead atoms. The first-order chi connectivity index (χ1) is 15.8. The monoisotopic (exact) mass is 464 g/mol. The lowest BCUT2D eigenvalue weighted by Gasteiger charge is -2.23. The third kappa shape index (κ3) is 5.49. The van der Waals surface area contributed by atoms with Crippen molar-refractivity contribution < 1.29 is 18.1 Å². The lowest BCUT2D eigenvalue weighted by Crippen LogP contribution is -2.31. The van der Waals surface area contributed by atoms with Crippen LogP contribution in [0.5, 0.6) is 0 Å². The van der Waals surface area contributed by atoms with Crippen LogP contribution in [0, 0.1) is 10.1 Å². The summed E-state index contributed by atoms with van der Waals surface area (Å²) in [6.07, 6.45) is 2.65. The van der Waals surface area contributed by atoms with Crippen LogP contribution in [-0.2, 0) is 10.0 Å². The van der Waals surface area contributed by atoms with Gasteiger partial charge in [0.05, 0.1) is 33.8 Å². The SMILES string of the molecule is C=CCN(c1ccc(C(=O)N/N=C\c2ccccc2[N+](=O)[O-])cc1)S(=O)(=O)c1ccccc1. The molecule has 0 saturated carbocycles. The van der Waals surface area contributed by atoms with Crippen LogP contribution in [0.3, 0.4) is 0 Å². The van der Waals surface area contributed by atoms with Gasteiger partial charge in [-0.05, 0) is 42.5 Å². The number of nitrogens with zero attached hydrogens (tertiary/aromatic N) is 3. The Balaban J connectivity index is 1.76. The van der Waals surface area contributed by atoms with E-state index in [1.807, 2.05) is 0 Å². The molecule has 3 rings (SSSR count). The van der Waals surface area contributed by atoms with Crippen LogP contribution in [0.2, 0.25) is 0 Å². The van der Waals surface area contributed by atoms with Crippen molar-refractivity contribution in [1.82, 2.24) is 5.43 Å². The number of nitro benzene ring substituents is 1. The molecule has 0 radical (unpaired) electrons. The molecular weight excluding hydrogens is 444 g/mol. The number of sulfonamides is 1. The van der Waals surface area contributed by atoms with E-state index in [1.165, 1.54) is 71.2 Å². The highest BCUT2D eigenvalue weighted by Gasteiger charge is 2.24. The number of hydrogen-bond acceptors (Lipinski definition) is 6. The fourth-order valence-electron chi connectivity index (χ4n) is 2.95. The first kappa shape index (κ1) is 23.4. The number of rotatable bonds is 9. The van der Waals surface area contributed by atoms with Crippen molar-refractivity contribution in [2.75, 3.05) is 10.8 Å². The Bertz CT molecular complexity index is 1290. The Morgan fingerprint density at radius 3 is 2.30 bits per heavy atom. The summed E-state index contributed by atoms with van der Waals surface area (Å²) in [7, 11) is -3.82. The number of para-hydroxylation sites is 1. The van der Waals surface area contributed by atoms with Gasteiger partial charge < -0.3 is 0 Å². The maximum atomic E-state index is 13.0. The first-order valence-electron chi connectivity index (χ1n) is 9.70. The molecule has 0 atom stereocenters. The fraction of sp³-hybridized carbons (Fsp3) is 0.0435. The molecule has 33 heavy (non-hydrogen) atoms. The van der Waals surface area contributed by atoms with Gasteiger partial charge in [0.1, 0.15) is 0 Å². The lowest BCUT2D eigenvalue weighted by molar-refractivity contribution is -0.385. The van der Waals surface area contributed by atoms with Crippen LogP contribution in [0.1, 0.15) is 15.9 Å². The number of amides is 1. The molecule has 0 saturated heterocycles. The summed E-state index contributed by atoms with van der Waals surface area (Å²) in [6.45, 7) is 3.67. The molecule has 0 heterocycles. The molecule has 0 aliphatic heterocycles. The van der Waals surface area contributed by atoms with Crippen molar-refractivity contribution in [3.63, 3.8) is 0 Å². The highest BCUT2D eigenvalue weighted by molar-refractivity contribution is 7.92. The second-order valence-electron chi connectivity index (χ2n) is 6.70. The summed E-state index contributed by atoms with van der Waals surface area (Å²) in [6, 6.07) is 19.9. The molecule has 3 aromatic rings. The largest absolute Gasteiger partial charge is 0.278 e. The van der Waals surface area contributed by atoms with E-state index < -0.39 is 20.9 Å². The van der Waals surface area contributed by atoms with Gasteiger partial charge in [0, 0.05) is 11.6 Å². The molecule has 1 amide bonds. The quantitative estimate of drug-likeness (QED) is 0.224. The second-order valence-corrected chi connectivity index (χ2v) is 8.56. The molecule has 0 aromatic heterocycles. The number of hydrazone groups is 1. The highest BCUT2D eigenvalue weighted by atomic mass is 32.2. The molecule has 1 N–H and O–H groups in total. The summed E-state index contributed by atoms with van der Waals surface area (Å²) in [4.78, 5) is 23.0. The molecule has 0 unspecified atom stereocenters. The number of benzene rings is 3. The van der Waals surface area contributed by atoms with Gasteiger partial charge in [0.2, 0.25) is 0 Å². The maximum Gasteiger partial charge on any atom is 0.278 e. The number of carbonyl (C=O) groups is 1. The summed E-state index contributed by atoms with van der Waals surface area (Å²) >= 11 is 0. The zero-order chi connectivity index (χ0) is 23.8. The average molecular weight is 465 g/mol. The van der Waals surface area contributed by atoms with Gasteiger partial charge in [-0.2, -0.15) is 5.10 Å². The van der Waals surface area contributed by atoms with Gasteiger partial charge >= 0.3 is 0 Å². The minimum atomic E-state index is -3.82. The zero-order valence-electron chi connectivity index (χ0n) is 17.4. The number of anilines is 1. The number of nitrogens with one attached hydrogen (secondary N) is 1. The first-order valence-corrected chi connectivity index (χ1v) is 11.1. The fourth-order valence-corrected chi connectivity index (χ4v) is 4.40. The van der Waals surface area contributed by atoms with Crippen LogP contribution in [0.15, 0.2) is 102 Å². The van der Waals surface area contributed by atoms with Crippen molar-refractivity contribution in [2.24, 2.45) is 5.10 Å². The van der Waals surface area contributed by atoms with Gasteiger partial charge in [0.15, 0.2) is 0 Å². The van der Waals surface area contributed by atoms with Gasteiger partial charge in [-0.1, -0.05) is 36.4 Å². The van der Waals surface area contributed by atoms with Crippen molar-refractivity contribution in [1.29, 1.82) is 0 Å².